The summed E-state index contributed by atoms with van der Waals surface area (Å²) in [7, 11) is -1.85. The topological polar surface area (TPSA) is 140 Å². The van der Waals surface area contributed by atoms with E-state index in [1.54, 1.807) is 30.3 Å². The molecule has 176 valence electrons. The summed E-state index contributed by atoms with van der Waals surface area (Å²) in [6.45, 7) is 0. The maximum atomic E-state index is 14.3. The van der Waals surface area contributed by atoms with Gasteiger partial charge in [-0.2, -0.15) is 5.26 Å². The molecule has 1 aliphatic heterocycles. The van der Waals surface area contributed by atoms with Crippen molar-refractivity contribution < 1.29 is 31.9 Å². The number of nitrogens with zero attached hydrogens (tertiary/aromatic N) is 2. The van der Waals surface area contributed by atoms with E-state index in [1.165, 1.54) is 0 Å². The van der Waals surface area contributed by atoms with Gasteiger partial charge in [0, 0.05) is 6.26 Å². The van der Waals surface area contributed by atoms with Crippen LogP contribution in [0.15, 0.2) is 76.1 Å². The van der Waals surface area contributed by atoms with E-state index in [0.717, 1.165) is 43.6 Å². The normalized spacial score (nSPS) is 16.2. The van der Waals surface area contributed by atoms with Crippen LogP contribution in [0, 0.1) is 17.1 Å². The van der Waals surface area contributed by atoms with E-state index >= 15 is 0 Å². The highest BCUT2D eigenvalue weighted by Gasteiger charge is 2.44. The molecular formula is C23H20FN3O6S. The monoisotopic (exact) mass is 485 g/mol. The average Bonchev–Trinajstić information content (AvgIpc) is 2.81. The number of ether oxygens (including phenoxy) is 2. The van der Waals surface area contributed by atoms with Gasteiger partial charge in [0.05, 0.1) is 47.9 Å². The second kappa shape index (κ2) is 9.36. The number of hydrogen-bond acceptors (Lipinski definition) is 9. The molecule has 1 aliphatic rings. The van der Waals surface area contributed by atoms with Gasteiger partial charge in [-0.05, 0) is 23.8 Å². The van der Waals surface area contributed by atoms with Crippen molar-refractivity contribution in [2.24, 2.45) is 5.73 Å². The Morgan fingerprint density at radius 3 is 2.24 bits per heavy atom. The number of benzene rings is 2. The summed E-state index contributed by atoms with van der Waals surface area (Å²) >= 11 is 0. The lowest BCUT2D eigenvalue weighted by atomic mass is 9.81. The van der Waals surface area contributed by atoms with Gasteiger partial charge in [-0.25, -0.2) is 22.4 Å². The Hall–Kier alpha value is -4.17. The van der Waals surface area contributed by atoms with E-state index in [9.17, 15) is 27.7 Å². The van der Waals surface area contributed by atoms with Crippen molar-refractivity contribution in [3.05, 3.63) is 82.6 Å². The number of carbonyl (C=O) groups excluding carboxylic acids is 2. The Morgan fingerprint density at radius 2 is 1.71 bits per heavy atom. The summed E-state index contributed by atoms with van der Waals surface area (Å²) < 4.78 is 49.0. The molecule has 0 fully saturated rings. The van der Waals surface area contributed by atoms with Gasteiger partial charge in [-0.3, -0.25) is 4.90 Å². The lowest BCUT2D eigenvalue weighted by molar-refractivity contribution is -0.139. The molecule has 2 aromatic carbocycles. The van der Waals surface area contributed by atoms with Crippen LogP contribution < -0.4 is 10.6 Å². The summed E-state index contributed by atoms with van der Waals surface area (Å²) in [6.07, 6.45) is 0.883. The first-order valence-electron chi connectivity index (χ1n) is 9.72. The summed E-state index contributed by atoms with van der Waals surface area (Å²) in [5.41, 5.74) is 5.37. The van der Waals surface area contributed by atoms with Crippen LogP contribution in [0.2, 0.25) is 0 Å². The Labute approximate surface area is 195 Å². The minimum absolute atomic E-state index is 0.178. The van der Waals surface area contributed by atoms with Crippen molar-refractivity contribution in [2.45, 2.75) is 10.8 Å². The van der Waals surface area contributed by atoms with E-state index in [-0.39, 0.29) is 22.7 Å². The predicted molar refractivity (Wildman–Crippen MR) is 119 cm³/mol. The molecule has 3 rings (SSSR count). The Balaban J connectivity index is 2.53. The van der Waals surface area contributed by atoms with Crippen LogP contribution in [0.4, 0.5) is 10.1 Å². The second-order valence-corrected chi connectivity index (χ2v) is 9.20. The third kappa shape index (κ3) is 4.23. The number of methoxy groups -OCH3 is 2. The molecule has 34 heavy (non-hydrogen) atoms. The first kappa shape index (κ1) is 24.5. The standard InChI is InChI=1S/C23H20FN3O6S/c1-32-22(28)19-18(13-7-5-4-6-8-13)15(12-25)21(26)27(20(19)23(29)33-2)16-11-14(24)9-10-17(16)34(3,30)31/h4-11,18H,26H2,1-3H3. The molecule has 0 amide bonds. The molecule has 9 nitrogen and oxygen atoms in total. The minimum Gasteiger partial charge on any atom is -0.466 e. The Bertz CT molecular complexity index is 1380. The molecule has 2 N–H and O–H groups in total. The van der Waals surface area contributed by atoms with Crippen LogP contribution in [-0.4, -0.2) is 40.8 Å². The van der Waals surface area contributed by atoms with Gasteiger partial charge in [0.15, 0.2) is 9.84 Å². The number of sulfone groups is 1. The molecule has 11 heteroatoms. The number of esters is 2. The van der Waals surface area contributed by atoms with Gasteiger partial charge in [-0.15, -0.1) is 0 Å². The van der Waals surface area contributed by atoms with Crippen molar-refractivity contribution in [1.82, 2.24) is 0 Å². The van der Waals surface area contributed by atoms with Crippen molar-refractivity contribution in [3.63, 3.8) is 0 Å². The summed E-state index contributed by atoms with van der Waals surface area (Å²) in [6, 6.07) is 13.0. The van der Waals surface area contributed by atoms with Gasteiger partial charge in [0.25, 0.3) is 0 Å². The molecule has 0 radical (unpaired) electrons. The smallest absolute Gasteiger partial charge is 0.355 e. The van der Waals surface area contributed by atoms with Crippen LogP contribution >= 0.6 is 0 Å². The number of anilines is 1. The Kier molecular flexibility index (Phi) is 6.74. The van der Waals surface area contributed by atoms with E-state index in [0.29, 0.717) is 5.56 Å². The van der Waals surface area contributed by atoms with Gasteiger partial charge >= 0.3 is 11.9 Å². The molecule has 1 atom stereocenters. The molecule has 0 aromatic heterocycles. The summed E-state index contributed by atoms with van der Waals surface area (Å²) in [4.78, 5) is 26.5. The molecular weight excluding hydrogens is 465 g/mol. The number of nitriles is 1. The fourth-order valence-electron chi connectivity index (χ4n) is 3.74. The Morgan fingerprint density at radius 1 is 1.09 bits per heavy atom. The van der Waals surface area contributed by atoms with E-state index < -0.39 is 44.1 Å². The van der Waals surface area contributed by atoms with Gasteiger partial charge in [0.1, 0.15) is 17.3 Å². The molecule has 1 unspecified atom stereocenters. The van der Waals surface area contributed by atoms with Crippen molar-refractivity contribution in [2.75, 3.05) is 25.4 Å². The maximum Gasteiger partial charge on any atom is 0.355 e. The largest absolute Gasteiger partial charge is 0.466 e. The highest BCUT2D eigenvalue weighted by molar-refractivity contribution is 7.90. The highest BCUT2D eigenvalue weighted by Crippen LogP contribution is 2.44. The summed E-state index contributed by atoms with van der Waals surface area (Å²) in [5.74, 6) is -4.43. The first-order valence-corrected chi connectivity index (χ1v) is 11.6. The van der Waals surface area contributed by atoms with Gasteiger partial charge < -0.3 is 15.2 Å². The predicted octanol–water partition coefficient (Wildman–Crippen LogP) is 2.13. The van der Waals surface area contributed by atoms with Crippen LogP contribution in [-0.2, 0) is 28.9 Å². The van der Waals surface area contributed by atoms with E-state index in [4.69, 9.17) is 15.2 Å². The zero-order valence-corrected chi connectivity index (χ0v) is 19.2. The van der Waals surface area contributed by atoms with Crippen LogP contribution in [0.25, 0.3) is 0 Å². The lowest BCUT2D eigenvalue weighted by Gasteiger charge is -2.36. The van der Waals surface area contributed by atoms with Gasteiger partial charge in [0.2, 0.25) is 0 Å². The molecule has 2 aromatic rings. The van der Waals surface area contributed by atoms with Crippen LogP contribution in [0.3, 0.4) is 0 Å². The quantitative estimate of drug-likeness (QED) is 0.498. The molecule has 0 saturated carbocycles. The van der Waals surface area contributed by atoms with Crippen LogP contribution in [0.1, 0.15) is 11.5 Å². The minimum atomic E-state index is -3.97. The number of nitrogens with two attached hydrogens (primary N) is 1. The van der Waals surface area contributed by atoms with Crippen molar-refractivity contribution in [1.29, 1.82) is 5.26 Å². The second-order valence-electron chi connectivity index (χ2n) is 7.22. The highest BCUT2D eigenvalue weighted by atomic mass is 32.2. The van der Waals surface area contributed by atoms with Crippen LogP contribution in [0.5, 0.6) is 0 Å². The zero-order valence-electron chi connectivity index (χ0n) is 18.4. The third-order valence-electron chi connectivity index (χ3n) is 5.17. The van der Waals surface area contributed by atoms with Crippen molar-refractivity contribution in [3.8, 4) is 6.07 Å². The van der Waals surface area contributed by atoms with Crippen molar-refractivity contribution >= 4 is 27.5 Å². The number of halogens is 1. The first-order chi connectivity index (χ1) is 16.1. The number of rotatable bonds is 5. The molecule has 0 spiro atoms. The molecule has 1 heterocycles. The van der Waals surface area contributed by atoms with Gasteiger partial charge in [-0.1, -0.05) is 30.3 Å². The summed E-state index contributed by atoms with van der Waals surface area (Å²) in [5, 5.41) is 10.00. The maximum absolute atomic E-state index is 14.3. The molecule has 0 saturated heterocycles. The lowest BCUT2D eigenvalue weighted by Crippen LogP contribution is -2.41. The number of carbonyl (C=O) groups is 2. The molecule has 0 bridgehead atoms. The zero-order chi connectivity index (χ0) is 25.2. The number of allylic oxidation sites excluding steroid dienone is 1. The fourth-order valence-corrected chi connectivity index (χ4v) is 4.59. The third-order valence-corrected chi connectivity index (χ3v) is 6.32. The number of hydrogen-bond donors (Lipinski definition) is 1. The van der Waals surface area contributed by atoms with E-state index in [1.807, 2.05) is 6.07 Å². The SMILES string of the molecule is COC(=O)C1=C(C(=O)OC)N(c2cc(F)ccc2S(C)(=O)=O)C(N)=C(C#N)C1c1ccccc1. The molecule has 0 aliphatic carbocycles. The average molecular weight is 485 g/mol. The van der Waals surface area contributed by atoms with E-state index in [2.05, 4.69) is 0 Å². The fraction of sp³-hybridized carbons (Fsp3) is 0.174.